The molecule has 2 atom stereocenters. The number of hydrogen-bond donors (Lipinski definition) is 1. The summed E-state index contributed by atoms with van der Waals surface area (Å²) < 4.78 is 7.20. The first-order valence-corrected chi connectivity index (χ1v) is 9.45. The van der Waals surface area contributed by atoms with Crippen LogP contribution in [0.2, 0.25) is 0 Å². The van der Waals surface area contributed by atoms with E-state index in [1.807, 2.05) is 11.8 Å². The van der Waals surface area contributed by atoms with E-state index < -0.39 is 0 Å². The molecule has 0 spiro atoms. The molecular formula is C16H22BrNOS. The molecule has 2 aliphatic heterocycles. The summed E-state index contributed by atoms with van der Waals surface area (Å²) in [6.45, 7) is 6.50. The molecule has 0 radical (unpaired) electrons. The second-order valence-corrected chi connectivity index (χ2v) is 7.65. The van der Waals surface area contributed by atoms with Crippen LogP contribution < -0.4 is 10.1 Å². The molecule has 0 saturated carbocycles. The number of fused-ring (bicyclic) bond motifs is 3. The SMILES string of the molecule is CCCNC1c2c(Br)cc3c(c2CSCC1C)OCC3. The quantitative estimate of drug-likeness (QED) is 0.872. The highest BCUT2D eigenvalue weighted by atomic mass is 79.9. The van der Waals surface area contributed by atoms with E-state index in [1.165, 1.54) is 39.1 Å². The Bertz CT molecular complexity index is 506. The Labute approximate surface area is 134 Å². The normalized spacial score (nSPS) is 24.8. The Morgan fingerprint density at radius 2 is 2.35 bits per heavy atom. The molecule has 1 N–H and O–H groups in total. The largest absolute Gasteiger partial charge is 0.493 e. The molecule has 0 amide bonds. The highest BCUT2D eigenvalue weighted by molar-refractivity contribution is 9.10. The van der Waals surface area contributed by atoms with Gasteiger partial charge in [-0.15, -0.1) is 0 Å². The fraction of sp³-hybridized carbons (Fsp3) is 0.625. The Hall–Kier alpha value is -0.190. The fourth-order valence-electron chi connectivity index (χ4n) is 3.20. The Kier molecular flexibility index (Phi) is 4.63. The van der Waals surface area contributed by atoms with Gasteiger partial charge in [0, 0.05) is 28.3 Å². The summed E-state index contributed by atoms with van der Waals surface area (Å²) >= 11 is 5.86. The summed E-state index contributed by atoms with van der Waals surface area (Å²) in [5.41, 5.74) is 4.24. The van der Waals surface area contributed by atoms with Gasteiger partial charge < -0.3 is 10.1 Å². The van der Waals surface area contributed by atoms with Gasteiger partial charge in [0.15, 0.2) is 0 Å². The predicted octanol–water partition coefficient (Wildman–Crippen LogP) is 4.31. The van der Waals surface area contributed by atoms with Gasteiger partial charge in [-0.2, -0.15) is 11.8 Å². The Balaban J connectivity index is 2.07. The molecule has 1 aromatic carbocycles. The number of benzene rings is 1. The molecule has 2 nitrogen and oxygen atoms in total. The van der Waals surface area contributed by atoms with Gasteiger partial charge in [-0.1, -0.05) is 29.8 Å². The lowest BCUT2D eigenvalue weighted by Crippen LogP contribution is -2.29. The summed E-state index contributed by atoms with van der Waals surface area (Å²) in [7, 11) is 0. The molecule has 20 heavy (non-hydrogen) atoms. The van der Waals surface area contributed by atoms with Crippen LogP contribution in [0.25, 0.3) is 0 Å². The third kappa shape index (κ3) is 2.62. The van der Waals surface area contributed by atoms with Crippen molar-refractivity contribution in [2.45, 2.75) is 38.5 Å². The van der Waals surface area contributed by atoms with Crippen molar-refractivity contribution >= 4 is 27.7 Å². The lowest BCUT2D eigenvalue weighted by Gasteiger charge is -2.26. The minimum absolute atomic E-state index is 0.434. The van der Waals surface area contributed by atoms with Crippen molar-refractivity contribution in [1.29, 1.82) is 0 Å². The van der Waals surface area contributed by atoms with Crippen LogP contribution in [0.4, 0.5) is 0 Å². The van der Waals surface area contributed by atoms with Crippen LogP contribution in [-0.2, 0) is 12.2 Å². The van der Waals surface area contributed by atoms with Crippen LogP contribution in [0.15, 0.2) is 10.5 Å². The first-order chi connectivity index (χ1) is 9.72. The van der Waals surface area contributed by atoms with Gasteiger partial charge in [0.1, 0.15) is 5.75 Å². The van der Waals surface area contributed by atoms with Gasteiger partial charge in [0.25, 0.3) is 0 Å². The van der Waals surface area contributed by atoms with E-state index in [2.05, 4.69) is 41.2 Å². The van der Waals surface area contributed by atoms with E-state index in [9.17, 15) is 0 Å². The first-order valence-electron chi connectivity index (χ1n) is 7.50. The highest BCUT2D eigenvalue weighted by Gasteiger charge is 2.31. The molecular weight excluding hydrogens is 334 g/mol. The third-order valence-corrected chi connectivity index (χ3v) is 6.10. The number of nitrogens with one attached hydrogen (secondary N) is 1. The van der Waals surface area contributed by atoms with E-state index >= 15 is 0 Å². The first kappa shape index (κ1) is 14.7. The summed E-state index contributed by atoms with van der Waals surface area (Å²) in [5, 5.41) is 3.75. The summed E-state index contributed by atoms with van der Waals surface area (Å²) in [5.74, 6) is 4.10. The molecule has 0 bridgehead atoms. The lowest BCUT2D eigenvalue weighted by atomic mass is 9.90. The van der Waals surface area contributed by atoms with Crippen LogP contribution >= 0.6 is 27.7 Å². The van der Waals surface area contributed by atoms with Crippen LogP contribution in [0.3, 0.4) is 0 Å². The summed E-state index contributed by atoms with van der Waals surface area (Å²) in [4.78, 5) is 0. The maximum Gasteiger partial charge on any atom is 0.127 e. The van der Waals surface area contributed by atoms with Crippen LogP contribution in [-0.4, -0.2) is 18.9 Å². The number of thioether (sulfide) groups is 1. The van der Waals surface area contributed by atoms with Gasteiger partial charge in [-0.3, -0.25) is 0 Å². The van der Waals surface area contributed by atoms with Crippen molar-refractivity contribution in [3.05, 3.63) is 27.2 Å². The van der Waals surface area contributed by atoms with E-state index in [-0.39, 0.29) is 0 Å². The van der Waals surface area contributed by atoms with E-state index in [1.54, 1.807) is 0 Å². The van der Waals surface area contributed by atoms with Crippen LogP contribution in [0.5, 0.6) is 5.75 Å². The minimum atomic E-state index is 0.434. The Morgan fingerprint density at radius 3 is 3.15 bits per heavy atom. The highest BCUT2D eigenvalue weighted by Crippen LogP contribution is 2.45. The zero-order valence-corrected chi connectivity index (χ0v) is 14.6. The van der Waals surface area contributed by atoms with Gasteiger partial charge >= 0.3 is 0 Å². The smallest absolute Gasteiger partial charge is 0.127 e. The van der Waals surface area contributed by atoms with Crippen molar-refractivity contribution < 1.29 is 4.74 Å². The van der Waals surface area contributed by atoms with Crippen molar-refractivity contribution in [3.8, 4) is 5.75 Å². The number of halogens is 1. The second kappa shape index (κ2) is 6.29. The van der Waals surface area contributed by atoms with Crippen molar-refractivity contribution in [2.75, 3.05) is 18.9 Å². The molecule has 2 aliphatic rings. The average Bonchev–Trinajstić information content (AvgIpc) is 2.82. The van der Waals surface area contributed by atoms with Crippen molar-refractivity contribution in [3.63, 3.8) is 0 Å². The minimum Gasteiger partial charge on any atom is -0.493 e. The molecule has 0 aliphatic carbocycles. The van der Waals surface area contributed by atoms with Crippen molar-refractivity contribution in [2.24, 2.45) is 5.92 Å². The average molecular weight is 356 g/mol. The standard InChI is InChI=1S/C16H22BrNOS/c1-3-5-18-15-10(2)8-20-9-12-14(15)13(17)7-11-4-6-19-16(11)12/h7,10,15,18H,3-6,8-9H2,1-2H3. The second-order valence-electron chi connectivity index (χ2n) is 5.76. The Morgan fingerprint density at radius 1 is 1.50 bits per heavy atom. The van der Waals surface area contributed by atoms with E-state index in [4.69, 9.17) is 4.74 Å². The summed E-state index contributed by atoms with van der Waals surface area (Å²) in [6.07, 6.45) is 2.22. The molecule has 110 valence electrons. The maximum absolute atomic E-state index is 5.93. The molecule has 4 heteroatoms. The van der Waals surface area contributed by atoms with Gasteiger partial charge in [0.05, 0.1) is 6.61 Å². The monoisotopic (exact) mass is 355 g/mol. The number of ether oxygens (including phenoxy) is 1. The fourth-order valence-corrected chi connectivity index (χ4v) is 5.13. The topological polar surface area (TPSA) is 21.3 Å². The molecule has 2 unspecified atom stereocenters. The molecule has 2 heterocycles. The van der Waals surface area contributed by atoms with E-state index in [0.717, 1.165) is 25.3 Å². The summed E-state index contributed by atoms with van der Waals surface area (Å²) in [6, 6.07) is 2.72. The molecule has 0 aromatic heterocycles. The molecule has 0 fully saturated rings. The third-order valence-electron chi connectivity index (χ3n) is 4.19. The van der Waals surface area contributed by atoms with Gasteiger partial charge in [0.2, 0.25) is 0 Å². The number of hydrogen-bond acceptors (Lipinski definition) is 3. The molecule has 1 aromatic rings. The zero-order valence-electron chi connectivity index (χ0n) is 12.2. The van der Waals surface area contributed by atoms with Gasteiger partial charge in [-0.05, 0) is 41.8 Å². The lowest BCUT2D eigenvalue weighted by molar-refractivity contribution is 0.352. The number of rotatable bonds is 3. The zero-order chi connectivity index (χ0) is 14.1. The van der Waals surface area contributed by atoms with Crippen molar-refractivity contribution in [1.82, 2.24) is 5.32 Å². The maximum atomic E-state index is 5.93. The molecule has 3 rings (SSSR count). The molecule has 0 saturated heterocycles. The van der Waals surface area contributed by atoms with Gasteiger partial charge in [-0.25, -0.2) is 0 Å². The van der Waals surface area contributed by atoms with Crippen LogP contribution in [0, 0.1) is 5.92 Å². The van der Waals surface area contributed by atoms with E-state index in [0.29, 0.717) is 12.0 Å². The van der Waals surface area contributed by atoms with Crippen LogP contribution in [0.1, 0.15) is 43.0 Å². The predicted molar refractivity (Wildman–Crippen MR) is 89.7 cm³/mol.